The number of rotatable bonds is 4. The zero-order chi connectivity index (χ0) is 16.1. The van der Waals surface area contributed by atoms with Gasteiger partial charge in [-0.05, 0) is 54.0 Å². The molecule has 0 saturated heterocycles. The van der Waals surface area contributed by atoms with Crippen LogP contribution in [0.4, 0.5) is 5.69 Å². The molecule has 0 bridgehead atoms. The fourth-order valence-corrected chi connectivity index (χ4v) is 2.23. The van der Waals surface area contributed by atoms with Crippen molar-refractivity contribution in [3.63, 3.8) is 0 Å². The van der Waals surface area contributed by atoms with Gasteiger partial charge in [-0.15, -0.1) is 0 Å². The lowest BCUT2D eigenvalue weighted by Gasteiger charge is -2.14. The van der Waals surface area contributed by atoms with Crippen LogP contribution in [0.2, 0.25) is 0 Å². The molecule has 5 heteroatoms. The number of nitrogens with one attached hydrogen (secondary N) is 1. The number of carbonyl (C=O) groups is 2. The molecule has 2 rings (SSSR count). The minimum Gasteiger partial charge on any atom is -0.449 e. The van der Waals surface area contributed by atoms with Crippen LogP contribution in [-0.2, 0) is 9.53 Å². The van der Waals surface area contributed by atoms with E-state index in [1.165, 1.54) is 6.92 Å². The lowest BCUT2D eigenvalue weighted by atomic mass is 10.2. The molecule has 114 valence electrons. The molecule has 0 unspecified atom stereocenters. The molecule has 1 amide bonds. The van der Waals surface area contributed by atoms with E-state index >= 15 is 0 Å². The van der Waals surface area contributed by atoms with Gasteiger partial charge < -0.3 is 10.1 Å². The molecule has 2 aromatic rings. The Bertz CT molecular complexity index is 683. The lowest BCUT2D eigenvalue weighted by Crippen LogP contribution is -2.30. The van der Waals surface area contributed by atoms with Gasteiger partial charge in [0.2, 0.25) is 0 Å². The summed E-state index contributed by atoms with van der Waals surface area (Å²) < 4.78 is 5.82. The number of aryl methyl sites for hydroxylation is 1. The summed E-state index contributed by atoms with van der Waals surface area (Å²) in [5, 5.41) is 2.71. The van der Waals surface area contributed by atoms with Gasteiger partial charge in [0.15, 0.2) is 6.10 Å². The van der Waals surface area contributed by atoms with Crippen LogP contribution in [0, 0.1) is 6.92 Å². The number of anilines is 1. The Morgan fingerprint density at radius 1 is 1.09 bits per heavy atom. The monoisotopic (exact) mass is 361 g/mol. The van der Waals surface area contributed by atoms with Crippen molar-refractivity contribution in [2.24, 2.45) is 0 Å². The molecule has 0 aliphatic rings. The number of benzene rings is 2. The predicted octanol–water partition coefficient (Wildman–Crippen LogP) is 3.94. The van der Waals surface area contributed by atoms with E-state index in [9.17, 15) is 9.59 Å². The average Bonchev–Trinajstić information content (AvgIpc) is 2.49. The van der Waals surface area contributed by atoms with Gasteiger partial charge in [0.05, 0.1) is 5.56 Å². The van der Waals surface area contributed by atoms with Crippen LogP contribution in [0.25, 0.3) is 0 Å². The number of esters is 1. The van der Waals surface area contributed by atoms with E-state index in [0.29, 0.717) is 15.7 Å². The van der Waals surface area contributed by atoms with Crippen molar-refractivity contribution in [2.45, 2.75) is 20.0 Å². The Labute approximate surface area is 137 Å². The normalized spacial score (nSPS) is 11.6. The lowest BCUT2D eigenvalue weighted by molar-refractivity contribution is -0.123. The van der Waals surface area contributed by atoms with Crippen LogP contribution in [0.15, 0.2) is 53.0 Å². The average molecular weight is 362 g/mol. The van der Waals surface area contributed by atoms with Gasteiger partial charge in [-0.25, -0.2) is 4.79 Å². The van der Waals surface area contributed by atoms with Gasteiger partial charge in [0.25, 0.3) is 5.91 Å². The second-order valence-corrected chi connectivity index (χ2v) is 5.74. The van der Waals surface area contributed by atoms with Crippen molar-refractivity contribution in [1.29, 1.82) is 0 Å². The summed E-state index contributed by atoms with van der Waals surface area (Å²) in [4.78, 5) is 24.1. The molecule has 0 aromatic heterocycles. The summed E-state index contributed by atoms with van der Waals surface area (Å²) in [5.74, 6) is -0.914. The zero-order valence-electron chi connectivity index (χ0n) is 12.3. The summed E-state index contributed by atoms with van der Waals surface area (Å²) in [6, 6.07) is 14.3. The van der Waals surface area contributed by atoms with Crippen molar-refractivity contribution < 1.29 is 14.3 Å². The summed E-state index contributed by atoms with van der Waals surface area (Å²) in [6.45, 7) is 3.51. The molecule has 0 fully saturated rings. The first-order chi connectivity index (χ1) is 10.5. The maximum Gasteiger partial charge on any atom is 0.340 e. The minimum absolute atomic E-state index is 0.371. The summed E-state index contributed by atoms with van der Waals surface area (Å²) in [7, 11) is 0. The molecule has 0 aliphatic heterocycles. The van der Waals surface area contributed by atoms with Crippen molar-refractivity contribution in [1.82, 2.24) is 0 Å². The number of amides is 1. The van der Waals surface area contributed by atoms with Gasteiger partial charge in [-0.2, -0.15) is 0 Å². The summed E-state index contributed by atoms with van der Waals surface area (Å²) in [6.07, 6.45) is -0.888. The quantitative estimate of drug-likeness (QED) is 0.839. The fourth-order valence-electron chi connectivity index (χ4n) is 1.79. The molecule has 4 nitrogen and oxygen atoms in total. The first kappa shape index (κ1) is 16.2. The molecule has 0 heterocycles. The molecule has 22 heavy (non-hydrogen) atoms. The molecule has 1 N–H and O–H groups in total. The smallest absolute Gasteiger partial charge is 0.340 e. The van der Waals surface area contributed by atoms with Crippen LogP contribution < -0.4 is 5.32 Å². The highest BCUT2D eigenvalue weighted by atomic mass is 79.9. The highest BCUT2D eigenvalue weighted by Crippen LogP contribution is 2.18. The molecule has 0 saturated carbocycles. The Kier molecular flexibility index (Phi) is 5.33. The number of carbonyl (C=O) groups excluding carboxylic acids is 2. The maximum atomic E-state index is 12.0. The van der Waals surface area contributed by atoms with Crippen LogP contribution in [-0.4, -0.2) is 18.0 Å². The molecule has 2 aromatic carbocycles. The van der Waals surface area contributed by atoms with Crippen LogP contribution in [0.3, 0.4) is 0 Å². The standard InChI is InChI=1S/C17H16BrNO3/c1-11-7-9-13(10-8-11)19-16(20)12(2)22-17(21)14-5-3-4-6-15(14)18/h3-10,12H,1-2H3,(H,19,20)/t12-/m1/s1. The fraction of sp³-hybridized carbons (Fsp3) is 0.176. The van der Waals surface area contributed by atoms with E-state index in [-0.39, 0.29) is 5.91 Å². The molecule has 1 atom stereocenters. The Morgan fingerprint density at radius 2 is 1.73 bits per heavy atom. The molecular weight excluding hydrogens is 346 g/mol. The molecule has 0 aliphatic carbocycles. The zero-order valence-corrected chi connectivity index (χ0v) is 13.9. The van der Waals surface area contributed by atoms with Crippen molar-refractivity contribution in [3.05, 3.63) is 64.1 Å². The second kappa shape index (κ2) is 7.22. The largest absolute Gasteiger partial charge is 0.449 e. The SMILES string of the molecule is Cc1ccc(NC(=O)[C@@H](C)OC(=O)c2ccccc2Br)cc1. The van der Waals surface area contributed by atoms with Gasteiger partial charge in [-0.1, -0.05) is 29.8 Å². The van der Waals surface area contributed by atoms with Gasteiger partial charge in [0, 0.05) is 10.2 Å². The molecule has 0 spiro atoms. The van der Waals surface area contributed by atoms with Crippen LogP contribution >= 0.6 is 15.9 Å². The summed E-state index contributed by atoms with van der Waals surface area (Å²) >= 11 is 3.28. The number of halogens is 1. The van der Waals surface area contributed by atoms with E-state index in [2.05, 4.69) is 21.2 Å². The predicted molar refractivity (Wildman–Crippen MR) is 88.8 cm³/mol. The van der Waals surface area contributed by atoms with E-state index < -0.39 is 12.1 Å². The van der Waals surface area contributed by atoms with Crippen LogP contribution in [0.1, 0.15) is 22.8 Å². The van der Waals surface area contributed by atoms with E-state index in [1.54, 1.807) is 36.4 Å². The van der Waals surface area contributed by atoms with Crippen LogP contribution in [0.5, 0.6) is 0 Å². The Hall–Kier alpha value is -2.14. The number of ether oxygens (including phenoxy) is 1. The van der Waals surface area contributed by atoms with Crippen molar-refractivity contribution in [2.75, 3.05) is 5.32 Å². The van der Waals surface area contributed by atoms with Gasteiger partial charge >= 0.3 is 5.97 Å². The van der Waals surface area contributed by atoms with E-state index in [1.807, 2.05) is 19.1 Å². The number of hydrogen-bond acceptors (Lipinski definition) is 3. The Morgan fingerprint density at radius 3 is 2.36 bits per heavy atom. The number of hydrogen-bond donors (Lipinski definition) is 1. The Balaban J connectivity index is 1.98. The van der Waals surface area contributed by atoms with Crippen molar-refractivity contribution >= 4 is 33.5 Å². The molecular formula is C17H16BrNO3. The first-order valence-corrected chi connectivity index (χ1v) is 7.59. The first-order valence-electron chi connectivity index (χ1n) is 6.80. The highest BCUT2D eigenvalue weighted by Gasteiger charge is 2.20. The summed E-state index contributed by atoms with van der Waals surface area (Å²) in [5.41, 5.74) is 2.16. The highest BCUT2D eigenvalue weighted by molar-refractivity contribution is 9.10. The molecule has 0 radical (unpaired) electrons. The van der Waals surface area contributed by atoms with Crippen molar-refractivity contribution in [3.8, 4) is 0 Å². The van der Waals surface area contributed by atoms with Gasteiger partial charge in [-0.3, -0.25) is 4.79 Å². The van der Waals surface area contributed by atoms with E-state index in [4.69, 9.17) is 4.74 Å². The third-order valence-corrected chi connectivity index (χ3v) is 3.76. The third kappa shape index (κ3) is 4.18. The maximum absolute atomic E-state index is 12.0. The minimum atomic E-state index is -0.888. The second-order valence-electron chi connectivity index (χ2n) is 4.88. The van der Waals surface area contributed by atoms with Gasteiger partial charge in [0.1, 0.15) is 0 Å². The van der Waals surface area contributed by atoms with E-state index in [0.717, 1.165) is 5.56 Å². The third-order valence-electron chi connectivity index (χ3n) is 3.07. The topological polar surface area (TPSA) is 55.4 Å².